The van der Waals surface area contributed by atoms with Crippen molar-refractivity contribution in [2.24, 2.45) is 12.5 Å². The number of aliphatic hydroxyl groups is 1. The van der Waals surface area contributed by atoms with E-state index in [9.17, 15) is 28.7 Å². The molecule has 1 saturated heterocycles. The lowest BCUT2D eigenvalue weighted by atomic mass is 9.85. The summed E-state index contributed by atoms with van der Waals surface area (Å²) in [5, 5.41) is 27.4. The van der Waals surface area contributed by atoms with Crippen LogP contribution in [0.25, 0.3) is 21.7 Å². The molecule has 5 unspecified atom stereocenters. The van der Waals surface area contributed by atoms with Crippen molar-refractivity contribution in [1.29, 1.82) is 0 Å². The zero-order valence-corrected chi connectivity index (χ0v) is 42.1. The second-order valence-corrected chi connectivity index (χ2v) is 20.7. The molecule has 20 heteroatoms. The Morgan fingerprint density at radius 1 is 1.00 bits per heavy atom. The molecule has 4 amide bonds. The first-order valence-corrected chi connectivity index (χ1v) is 24.8. The number of benzene rings is 2. The highest BCUT2D eigenvalue weighted by atomic mass is 35.5. The van der Waals surface area contributed by atoms with Crippen molar-refractivity contribution in [2.75, 3.05) is 46.1 Å². The van der Waals surface area contributed by atoms with Gasteiger partial charge < -0.3 is 40.7 Å². The van der Waals surface area contributed by atoms with Gasteiger partial charge in [-0.15, -0.1) is 22.7 Å². The van der Waals surface area contributed by atoms with E-state index < -0.39 is 41.5 Å². The molecule has 366 valence electrons. The quantitative estimate of drug-likeness (QED) is 0.0464. The molecule has 0 spiro atoms. The van der Waals surface area contributed by atoms with Crippen LogP contribution in [0.4, 0.5) is 4.39 Å². The van der Waals surface area contributed by atoms with Gasteiger partial charge in [0.1, 0.15) is 22.2 Å². The van der Waals surface area contributed by atoms with Crippen LogP contribution in [0.1, 0.15) is 73.1 Å². The van der Waals surface area contributed by atoms with Crippen LogP contribution in [0.5, 0.6) is 0 Å². The van der Waals surface area contributed by atoms with E-state index in [1.807, 2.05) is 64.4 Å². The second kappa shape index (κ2) is 24.2. The van der Waals surface area contributed by atoms with E-state index in [1.54, 1.807) is 41.3 Å². The standard InChI is InChI=1S/C48H59Cl2FN8O7S2/c1-28(31-10-12-32(13-11-31)42-29(2)53-27-67-42)55-45(62)38-22-35(60)26-59(38)47(64)43(48(3,4)5)57-40(61)14-16-65-18-19-66-17-15-52-24-34(21-30-8-7-9-33(51)20-30)56-46(63)39-23-36(44(50)68-39)41-37(49)25-54-58(41)6/h7-13,20,23,25,27-28,34-35,38,43,52,60H,14-19,21-22,24,26H2,1-6H3,(H,55,62)(H,56,63)(H,57,61). The van der Waals surface area contributed by atoms with Crippen molar-refractivity contribution >= 4 is 69.5 Å². The fourth-order valence-corrected chi connectivity index (χ4v) is 10.2. The number of aromatic nitrogens is 3. The van der Waals surface area contributed by atoms with Gasteiger partial charge in [-0.1, -0.05) is 80.4 Å². The second-order valence-electron chi connectivity index (χ2n) is 17.8. The molecule has 1 aliphatic heterocycles. The van der Waals surface area contributed by atoms with Crippen molar-refractivity contribution in [3.63, 3.8) is 0 Å². The summed E-state index contributed by atoms with van der Waals surface area (Å²) in [6, 6.07) is 13.2. The molecule has 6 rings (SSSR count). The first kappa shape index (κ1) is 52.6. The summed E-state index contributed by atoms with van der Waals surface area (Å²) in [7, 11) is 1.74. The molecule has 0 saturated carbocycles. The van der Waals surface area contributed by atoms with E-state index in [4.69, 9.17) is 32.7 Å². The van der Waals surface area contributed by atoms with Gasteiger partial charge in [0.05, 0.1) is 76.4 Å². The van der Waals surface area contributed by atoms with Gasteiger partial charge in [-0.05, 0) is 60.6 Å². The average molecular weight is 1010 g/mol. The lowest BCUT2D eigenvalue weighted by Gasteiger charge is -2.35. The lowest BCUT2D eigenvalue weighted by molar-refractivity contribution is -0.144. The Labute approximate surface area is 414 Å². The number of carbonyl (C=O) groups excluding carboxylic acids is 4. The van der Waals surface area contributed by atoms with Gasteiger partial charge in [-0.25, -0.2) is 9.37 Å². The number of hydrogen-bond acceptors (Lipinski definition) is 12. The fraction of sp³-hybridized carbons (Fsp3) is 0.458. The van der Waals surface area contributed by atoms with Crippen LogP contribution in [-0.2, 0) is 37.3 Å². The van der Waals surface area contributed by atoms with Crippen LogP contribution >= 0.6 is 45.9 Å². The summed E-state index contributed by atoms with van der Waals surface area (Å²) >= 11 is 15.5. The van der Waals surface area contributed by atoms with E-state index >= 15 is 0 Å². The SMILES string of the molecule is Cc1ncsc1-c1ccc(C(C)NC(=O)C2CC(O)CN2C(=O)C(NC(=O)CCOCCOCCNCC(Cc2cccc(F)c2)NC(=O)c2cc(-c3c(Cl)cnn3C)c(Cl)s2)C(C)(C)C)cc1. The molecule has 1 aliphatic rings. The minimum absolute atomic E-state index is 0.0126. The van der Waals surface area contributed by atoms with Gasteiger partial charge in [0.15, 0.2) is 0 Å². The van der Waals surface area contributed by atoms with Gasteiger partial charge >= 0.3 is 0 Å². The molecular weight excluding hydrogens is 955 g/mol. The molecule has 4 heterocycles. The number of hydrogen-bond donors (Lipinski definition) is 5. The van der Waals surface area contributed by atoms with Crippen LogP contribution in [-0.4, -0.2) is 119 Å². The fourth-order valence-electron chi connectivity index (χ4n) is 7.89. The number of β-amino-alcohol motifs (C(OH)–C–C–N with tert-alkyl or cyclic N) is 1. The molecule has 1 fully saturated rings. The van der Waals surface area contributed by atoms with Crippen LogP contribution in [0.2, 0.25) is 9.36 Å². The number of likely N-dealkylation sites (tertiary alicyclic amines) is 1. The summed E-state index contributed by atoms with van der Waals surface area (Å²) in [6.07, 6.45) is 1.06. The number of halogens is 3. The number of amides is 4. The molecule has 15 nitrogen and oxygen atoms in total. The molecule has 5 aromatic rings. The molecule has 5 N–H and O–H groups in total. The van der Waals surface area contributed by atoms with Crippen molar-refractivity contribution in [3.05, 3.63) is 103 Å². The van der Waals surface area contributed by atoms with Crippen LogP contribution in [0.3, 0.4) is 0 Å². The van der Waals surface area contributed by atoms with E-state index in [0.29, 0.717) is 51.6 Å². The van der Waals surface area contributed by atoms with Gasteiger partial charge in [0.2, 0.25) is 17.7 Å². The van der Waals surface area contributed by atoms with Crippen molar-refractivity contribution < 1.29 is 38.1 Å². The maximum Gasteiger partial charge on any atom is 0.261 e. The van der Waals surface area contributed by atoms with Crippen LogP contribution < -0.4 is 21.3 Å². The topological polar surface area (TPSA) is 189 Å². The van der Waals surface area contributed by atoms with Crippen molar-refractivity contribution in [3.8, 4) is 21.7 Å². The van der Waals surface area contributed by atoms with Crippen LogP contribution in [0, 0.1) is 18.2 Å². The molecule has 0 radical (unpaired) electrons. The Balaban J connectivity index is 0.911. The monoisotopic (exact) mass is 1010 g/mol. The number of thiazole rings is 1. The normalized spacial score (nSPS) is 16.4. The number of ether oxygens (including phenoxy) is 2. The Morgan fingerprint density at radius 3 is 2.40 bits per heavy atom. The van der Waals surface area contributed by atoms with Crippen molar-refractivity contribution in [2.45, 2.75) is 84.2 Å². The maximum absolute atomic E-state index is 14.1. The molecule has 2 aromatic carbocycles. The highest BCUT2D eigenvalue weighted by molar-refractivity contribution is 7.18. The van der Waals surface area contributed by atoms with Gasteiger partial charge in [0.25, 0.3) is 5.91 Å². The smallest absolute Gasteiger partial charge is 0.261 e. The molecule has 5 atom stereocenters. The third-order valence-corrected chi connectivity index (χ3v) is 14.1. The van der Waals surface area contributed by atoms with E-state index in [0.717, 1.165) is 38.6 Å². The summed E-state index contributed by atoms with van der Waals surface area (Å²) in [6.45, 7) is 11.0. The Kier molecular flexibility index (Phi) is 18.7. The molecule has 68 heavy (non-hydrogen) atoms. The molecular formula is C48H59Cl2FN8O7S2. The first-order valence-electron chi connectivity index (χ1n) is 22.4. The highest BCUT2D eigenvalue weighted by Crippen LogP contribution is 2.39. The number of nitrogens with zero attached hydrogens (tertiary/aromatic N) is 4. The number of thiophene rings is 1. The van der Waals surface area contributed by atoms with E-state index in [1.165, 1.54) is 23.2 Å². The van der Waals surface area contributed by atoms with E-state index in [2.05, 4.69) is 31.3 Å². The largest absolute Gasteiger partial charge is 0.391 e. The van der Waals surface area contributed by atoms with Crippen LogP contribution in [0.15, 0.2) is 66.3 Å². The average Bonchev–Trinajstić information content (AvgIpc) is 4.08. The third kappa shape index (κ3) is 14.2. The number of aryl methyl sites for hydroxylation is 2. The van der Waals surface area contributed by atoms with Crippen molar-refractivity contribution in [1.82, 2.24) is 40.9 Å². The Hall–Kier alpha value is -4.79. The zero-order valence-electron chi connectivity index (χ0n) is 38.9. The predicted octanol–water partition coefficient (Wildman–Crippen LogP) is 6.75. The van der Waals surface area contributed by atoms with Gasteiger partial charge in [-0.3, -0.25) is 23.9 Å². The lowest BCUT2D eigenvalue weighted by Crippen LogP contribution is -2.58. The summed E-state index contributed by atoms with van der Waals surface area (Å²) in [5.74, 6) is -1.92. The van der Waals surface area contributed by atoms with Gasteiger partial charge in [-0.2, -0.15) is 5.10 Å². The summed E-state index contributed by atoms with van der Waals surface area (Å²) < 4.78 is 27.4. The molecule has 0 bridgehead atoms. The predicted molar refractivity (Wildman–Crippen MR) is 263 cm³/mol. The number of carbonyl (C=O) groups is 4. The Morgan fingerprint density at radius 2 is 1.74 bits per heavy atom. The first-order chi connectivity index (χ1) is 32.4. The number of aliphatic hydroxyl groups excluding tert-OH is 1. The van der Waals surface area contributed by atoms with Gasteiger partial charge in [0, 0.05) is 51.1 Å². The Bertz CT molecular complexity index is 2490. The highest BCUT2D eigenvalue weighted by Gasteiger charge is 2.44. The molecule has 0 aliphatic carbocycles. The third-order valence-electron chi connectivity index (χ3n) is 11.5. The summed E-state index contributed by atoms with van der Waals surface area (Å²) in [5.41, 5.74) is 5.90. The molecule has 3 aromatic heterocycles. The maximum atomic E-state index is 14.1. The number of nitrogens with one attached hydrogen (secondary N) is 4. The zero-order chi connectivity index (χ0) is 49.1. The van der Waals surface area contributed by atoms with E-state index in [-0.39, 0.29) is 62.9 Å². The summed E-state index contributed by atoms with van der Waals surface area (Å²) in [4.78, 5) is 61.5. The minimum atomic E-state index is -0.965. The minimum Gasteiger partial charge on any atom is -0.391 e. The number of rotatable bonds is 22.